The minimum absolute atomic E-state index is 0.0520. The van der Waals surface area contributed by atoms with Gasteiger partial charge in [-0.2, -0.15) is 13.2 Å². The first-order valence-electron chi connectivity index (χ1n) is 7.63. The van der Waals surface area contributed by atoms with E-state index < -0.39 is 11.9 Å². The maximum Gasteiger partial charge on any atom is 0.434 e. The Morgan fingerprint density at radius 2 is 1.56 bits per heavy atom. The smallest absolute Gasteiger partial charge is 0.255 e. The largest absolute Gasteiger partial charge is 0.434 e. The van der Waals surface area contributed by atoms with Gasteiger partial charge < -0.3 is 0 Å². The van der Waals surface area contributed by atoms with Crippen molar-refractivity contribution in [1.29, 1.82) is 0 Å². The van der Waals surface area contributed by atoms with Crippen molar-refractivity contribution in [3.63, 3.8) is 0 Å². The number of hydrogen-bond donors (Lipinski definition) is 0. The van der Waals surface area contributed by atoms with E-state index >= 15 is 0 Å². The van der Waals surface area contributed by atoms with E-state index in [1.54, 1.807) is 36.4 Å². The molecule has 25 heavy (non-hydrogen) atoms. The molecular weight excluding hydrogens is 327 g/mol. The van der Waals surface area contributed by atoms with Gasteiger partial charge in [0, 0.05) is 17.1 Å². The summed E-state index contributed by atoms with van der Waals surface area (Å²) in [7, 11) is 0. The van der Waals surface area contributed by atoms with Crippen LogP contribution in [0.1, 0.15) is 11.3 Å². The van der Waals surface area contributed by atoms with Crippen molar-refractivity contribution in [1.82, 2.24) is 15.0 Å². The first-order valence-corrected chi connectivity index (χ1v) is 7.63. The number of rotatable bonds is 1. The number of pyridine rings is 1. The quantitative estimate of drug-likeness (QED) is 0.449. The molecule has 6 heteroatoms. The molecule has 3 nitrogen and oxygen atoms in total. The fourth-order valence-electron chi connectivity index (χ4n) is 2.77. The second-order valence-corrected chi connectivity index (χ2v) is 5.80. The number of nitrogens with zero attached hydrogens (tertiary/aromatic N) is 3. The van der Waals surface area contributed by atoms with Crippen LogP contribution in [0.2, 0.25) is 0 Å². The Hall–Kier alpha value is -3.02. The van der Waals surface area contributed by atoms with Crippen LogP contribution < -0.4 is 0 Å². The van der Waals surface area contributed by atoms with Crippen molar-refractivity contribution < 1.29 is 13.2 Å². The molecule has 0 atom stereocenters. The van der Waals surface area contributed by atoms with Gasteiger partial charge in [0.2, 0.25) is 0 Å². The highest BCUT2D eigenvalue weighted by Crippen LogP contribution is 2.36. The third-order valence-corrected chi connectivity index (χ3v) is 4.02. The molecule has 124 valence electrons. The van der Waals surface area contributed by atoms with Crippen LogP contribution in [0.5, 0.6) is 0 Å². The zero-order valence-electron chi connectivity index (χ0n) is 13.2. The monoisotopic (exact) mass is 339 g/mol. The Kier molecular flexibility index (Phi) is 3.42. The molecule has 0 aliphatic heterocycles. The van der Waals surface area contributed by atoms with E-state index in [1.807, 2.05) is 19.1 Å². The van der Waals surface area contributed by atoms with Gasteiger partial charge in [0.25, 0.3) is 0 Å². The highest BCUT2D eigenvalue weighted by Gasteiger charge is 2.36. The summed E-state index contributed by atoms with van der Waals surface area (Å²) in [4.78, 5) is 12.3. The lowest BCUT2D eigenvalue weighted by molar-refractivity contribution is -0.139. The van der Waals surface area contributed by atoms with Crippen molar-refractivity contribution in [2.24, 2.45) is 0 Å². The fraction of sp³-hybridized carbons (Fsp3) is 0.105. The molecule has 0 spiro atoms. The lowest BCUT2D eigenvalue weighted by Crippen LogP contribution is -2.11. The molecule has 0 amide bonds. The number of aromatic nitrogens is 3. The molecule has 4 aromatic rings. The number of para-hydroxylation sites is 1. The SMILES string of the molecule is Cc1ccc(-c2nc(C(F)(F)F)c3cnc4ccccc4c3n2)cc1. The summed E-state index contributed by atoms with van der Waals surface area (Å²) in [5, 5.41) is 0.475. The van der Waals surface area contributed by atoms with E-state index in [9.17, 15) is 13.2 Å². The van der Waals surface area contributed by atoms with Crippen LogP contribution in [0.25, 0.3) is 33.2 Å². The molecule has 2 aromatic heterocycles. The number of benzene rings is 2. The van der Waals surface area contributed by atoms with Crippen molar-refractivity contribution in [3.05, 3.63) is 66.0 Å². The number of fused-ring (bicyclic) bond motifs is 3. The third kappa shape index (κ3) is 2.69. The predicted octanol–water partition coefficient (Wildman–Crippen LogP) is 5.17. The molecule has 2 heterocycles. The maximum absolute atomic E-state index is 13.6. The Labute approximate surface area is 141 Å². The average Bonchev–Trinajstić information content (AvgIpc) is 2.60. The van der Waals surface area contributed by atoms with Gasteiger partial charge in [-0.05, 0) is 13.0 Å². The highest BCUT2D eigenvalue weighted by molar-refractivity contribution is 6.04. The van der Waals surface area contributed by atoms with Crippen LogP contribution in [0.3, 0.4) is 0 Å². The molecule has 0 fully saturated rings. The van der Waals surface area contributed by atoms with Crippen LogP contribution in [0.15, 0.2) is 54.7 Å². The second-order valence-electron chi connectivity index (χ2n) is 5.80. The van der Waals surface area contributed by atoms with E-state index in [2.05, 4.69) is 15.0 Å². The average molecular weight is 339 g/mol. The van der Waals surface area contributed by atoms with Gasteiger partial charge in [-0.25, -0.2) is 9.97 Å². The van der Waals surface area contributed by atoms with Crippen LogP contribution in [-0.2, 0) is 6.18 Å². The molecule has 0 saturated heterocycles. The molecule has 2 aromatic carbocycles. The lowest BCUT2D eigenvalue weighted by Gasteiger charge is -2.12. The zero-order valence-corrected chi connectivity index (χ0v) is 13.2. The Balaban J connectivity index is 2.11. The summed E-state index contributed by atoms with van der Waals surface area (Å²) in [6.45, 7) is 1.91. The summed E-state index contributed by atoms with van der Waals surface area (Å²) < 4.78 is 40.7. The standard InChI is InChI=1S/C19H12F3N3/c1-11-6-8-12(9-7-11)18-24-16-13-4-2-3-5-15(13)23-10-14(16)17(25-18)19(20,21)22/h2-10H,1H3. The number of aryl methyl sites for hydroxylation is 1. The molecule has 0 aliphatic rings. The van der Waals surface area contributed by atoms with Gasteiger partial charge in [0.15, 0.2) is 11.5 Å². The minimum atomic E-state index is -4.59. The van der Waals surface area contributed by atoms with Crippen molar-refractivity contribution >= 4 is 21.8 Å². The molecule has 0 unspecified atom stereocenters. The van der Waals surface area contributed by atoms with Crippen molar-refractivity contribution in [3.8, 4) is 11.4 Å². The van der Waals surface area contributed by atoms with Gasteiger partial charge in [-0.1, -0.05) is 48.0 Å². The molecule has 0 radical (unpaired) electrons. The first kappa shape index (κ1) is 15.5. The van der Waals surface area contributed by atoms with Gasteiger partial charge in [0.1, 0.15) is 0 Å². The van der Waals surface area contributed by atoms with Crippen LogP contribution >= 0.6 is 0 Å². The molecule has 4 rings (SSSR count). The van der Waals surface area contributed by atoms with E-state index in [-0.39, 0.29) is 16.7 Å². The Morgan fingerprint density at radius 3 is 2.28 bits per heavy atom. The minimum Gasteiger partial charge on any atom is -0.255 e. The third-order valence-electron chi connectivity index (χ3n) is 4.02. The van der Waals surface area contributed by atoms with Crippen LogP contribution in [0.4, 0.5) is 13.2 Å². The molecule has 0 bridgehead atoms. The van der Waals surface area contributed by atoms with E-state index in [4.69, 9.17) is 0 Å². The second kappa shape index (κ2) is 5.51. The Bertz CT molecular complexity index is 1090. The number of alkyl halides is 3. The number of hydrogen-bond acceptors (Lipinski definition) is 3. The van der Waals surface area contributed by atoms with Gasteiger partial charge in [0.05, 0.1) is 16.4 Å². The zero-order chi connectivity index (χ0) is 17.6. The maximum atomic E-state index is 13.6. The summed E-state index contributed by atoms with van der Waals surface area (Å²) in [5.74, 6) is 0.0520. The normalized spacial score (nSPS) is 12.0. The van der Waals surface area contributed by atoms with Crippen LogP contribution in [0, 0.1) is 6.92 Å². The first-order chi connectivity index (χ1) is 11.9. The summed E-state index contributed by atoms with van der Waals surface area (Å²) in [6.07, 6.45) is -3.40. The van der Waals surface area contributed by atoms with Gasteiger partial charge >= 0.3 is 6.18 Å². The van der Waals surface area contributed by atoms with E-state index in [0.29, 0.717) is 16.5 Å². The van der Waals surface area contributed by atoms with Crippen LogP contribution in [-0.4, -0.2) is 15.0 Å². The van der Waals surface area contributed by atoms with Crippen molar-refractivity contribution in [2.45, 2.75) is 13.1 Å². The Morgan fingerprint density at radius 1 is 0.840 bits per heavy atom. The lowest BCUT2D eigenvalue weighted by atomic mass is 10.1. The molecule has 0 aliphatic carbocycles. The summed E-state index contributed by atoms with van der Waals surface area (Å²) >= 11 is 0. The van der Waals surface area contributed by atoms with Gasteiger partial charge in [-0.15, -0.1) is 0 Å². The van der Waals surface area contributed by atoms with E-state index in [0.717, 1.165) is 5.56 Å². The number of halogens is 3. The highest BCUT2D eigenvalue weighted by atomic mass is 19.4. The molecular formula is C19H12F3N3. The predicted molar refractivity (Wildman–Crippen MR) is 90.0 cm³/mol. The molecule has 0 saturated carbocycles. The topological polar surface area (TPSA) is 38.7 Å². The summed E-state index contributed by atoms with van der Waals surface area (Å²) in [6, 6.07) is 14.1. The molecule has 0 N–H and O–H groups in total. The fourth-order valence-corrected chi connectivity index (χ4v) is 2.77. The summed E-state index contributed by atoms with van der Waals surface area (Å²) in [5.41, 5.74) is 1.43. The van der Waals surface area contributed by atoms with E-state index in [1.165, 1.54) is 6.20 Å². The van der Waals surface area contributed by atoms with Crippen molar-refractivity contribution in [2.75, 3.05) is 0 Å². The van der Waals surface area contributed by atoms with Gasteiger partial charge in [-0.3, -0.25) is 4.98 Å².